The Balaban J connectivity index is 2.30. The molecule has 114 valence electrons. The largest absolute Gasteiger partial charge is 0.478 e. The van der Waals surface area contributed by atoms with E-state index < -0.39 is 34.6 Å². The Labute approximate surface area is 121 Å². The van der Waals surface area contributed by atoms with Gasteiger partial charge in [-0.25, -0.2) is 13.6 Å². The minimum atomic E-state index is -1.46. The highest BCUT2D eigenvalue weighted by Crippen LogP contribution is 2.28. The van der Waals surface area contributed by atoms with E-state index in [2.05, 4.69) is 5.32 Å². The molecule has 1 fully saturated rings. The summed E-state index contributed by atoms with van der Waals surface area (Å²) in [4.78, 5) is 23.3. The van der Waals surface area contributed by atoms with Crippen LogP contribution in [0.3, 0.4) is 0 Å². The third-order valence-corrected chi connectivity index (χ3v) is 3.91. The van der Waals surface area contributed by atoms with Crippen molar-refractivity contribution in [3.8, 4) is 0 Å². The molecule has 1 aliphatic rings. The lowest BCUT2D eigenvalue weighted by molar-refractivity contribution is 0.0687. The Morgan fingerprint density at radius 2 is 1.62 bits per heavy atom. The van der Waals surface area contributed by atoms with Crippen molar-refractivity contribution in [3.63, 3.8) is 0 Å². The minimum Gasteiger partial charge on any atom is -0.478 e. The summed E-state index contributed by atoms with van der Waals surface area (Å²) in [6, 6.07) is 1.18. The summed E-state index contributed by atoms with van der Waals surface area (Å²) in [6.07, 6.45) is 4.60. The van der Waals surface area contributed by atoms with Crippen molar-refractivity contribution in [3.05, 3.63) is 34.9 Å². The molecule has 0 aliphatic heterocycles. The number of carbonyl (C=O) groups is 2. The predicted molar refractivity (Wildman–Crippen MR) is 72.3 cm³/mol. The molecule has 1 aromatic carbocycles. The van der Waals surface area contributed by atoms with Crippen molar-refractivity contribution < 1.29 is 23.5 Å². The summed E-state index contributed by atoms with van der Waals surface area (Å²) in [7, 11) is 0. The highest BCUT2D eigenvalue weighted by atomic mass is 19.2. The van der Waals surface area contributed by atoms with E-state index in [0.717, 1.165) is 32.1 Å². The Bertz CT molecular complexity index is 581. The van der Waals surface area contributed by atoms with Gasteiger partial charge < -0.3 is 10.4 Å². The van der Waals surface area contributed by atoms with Crippen LogP contribution in [0.25, 0.3) is 0 Å². The van der Waals surface area contributed by atoms with Crippen LogP contribution in [0.2, 0.25) is 0 Å². The van der Waals surface area contributed by atoms with Gasteiger partial charge in [0.1, 0.15) is 0 Å². The maximum absolute atomic E-state index is 13.3. The van der Waals surface area contributed by atoms with Gasteiger partial charge in [-0.15, -0.1) is 0 Å². The number of halogens is 2. The van der Waals surface area contributed by atoms with Gasteiger partial charge in [0.2, 0.25) is 0 Å². The number of hydrogen-bond acceptors (Lipinski definition) is 2. The summed E-state index contributed by atoms with van der Waals surface area (Å²) in [6.45, 7) is 1.88. The van der Waals surface area contributed by atoms with E-state index in [9.17, 15) is 18.4 Å². The van der Waals surface area contributed by atoms with Crippen LogP contribution in [0.15, 0.2) is 12.1 Å². The molecule has 21 heavy (non-hydrogen) atoms. The Hall–Kier alpha value is -1.98. The Morgan fingerprint density at radius 1 is 1.10 bits per heavy atom. The molecule has 4 nitrogen and oxygen atoms in total. The maximum atomic E-state index is 13.3. The van der Waals surface area contributed by atoms with Gasteiger partial charge >= 0.3 is 5.97 Å². The van der Waals surface area contributed by atoms with Crippen LogP contribution in [-0.2, 0) is 0 Å². The number of rotatable bonds is 3. The van der Waals surface area contributed by atoms with E-state index in [1.807, 2.05) is 6.92 Å². The summed E-state index contributed by atoms with van der Waals surface area (Å²) in [5.74, 6) is -4.67. The third kappa shape index (κ3) is 3.37. The summed E-state index contributed by atoms with van der Waals surface area (Å²) >= 11 is 0. The number of benzene rings is 1. The van der Waals surface area contributed by atoms with Crippen molar-refractivity contribution in [1.29, 1.82) is 0 Å². The smallest absolute Gasteiger partial charge is 0.336 e. The molecule has 0 heterocycles. The van der Waals surface area contributed by atoms with Gasteiger partial charge in [0.15, 0.2) is 11.6 Å². The van der Waals surface area contributed by atoms with E-state index in [-0.39, 0.29) is 5.56 Å². The molecule has 1 saturated carbocycles. The van der Waals surface area contributed by atoms with Crippen LogP contribution in [0.1, 0.15) is 59.7 Å². The first-order valence-electron chi connectivity index (χ1n) is 6.87. The van der Waals surface area contributed by atoms with Gasteiger partial charge in [-0.2, -0.15) is 0 Å². The summed E-state index contributed by atoms with van der Waals surface area (Å²) in [5.41, 5.74) is -1.32. The van der Waals surface area contributed by atoms with Crippen molar-refractivity contribution in [1.82, 2.24) is 5.32 Å². The molecule has 6 heteroatoms. The molecule has 1 amide bonds. The maximum Gasteiger partial charge on any atom is 0.336 e. The van der Waals surface area contributed by atoms with E-state index in [1.165, 1.54) is 0 Å². The van der Waals surface area contributed by atoms with E-state index in [1.54, 1.807) is 0 Å². The number of aromatic carboxylic acids is 1. The van der Waals surface area contributed by atoms with Crippen molar-refractivity contribution in [2.24, 2.45) is 0 Å². The second-order valence-electron chi connectivity index (χ2n) is 5.69. The second-order valence-corrected chi connectivity index (χ2v) is 5.69. The highest BCUT2D eigenvalue weighted by Gasteiger charge is 2.30. The van der Waals surface area contributed by atoms with Crippen molar-refractivity contribution >= 4 is 11.9 Å². The van der Waals surface area contributed by atoms with Crippen molar-refractivity contribution in [2.75, 3.05) is 0 Å². The van der Waals surface area contributed by atoms with Gasteiger partial charge in [-0.1, -0.05) is 19.3 Å². The van der Waals surface area contributed by atoms with Gasteiger partial charge in [-0.3, -0.25) is 4.79 Å². The molecule has 0 radical (unpaired) electrons. The molecular weight excluding hydrogens is 280 g/mol. The lowest BCUT2D eigenvalue weighted by atomic mass is 9.83. The van der Waals surface area contributed by atoms with Crippen LogP contribution in [0.5, 0.6) is 0 Å². The number of amides is 1. The monoisotopic (exact) mass is 297 g/mol. The minimum absolute atomic E-state index is 0.354. The molecule has 1 aliphatic carbocycles. The van der Waals surface area contributed by atoms with Crippen LogP contribution in [0.4, 0.5) is 8.78 Å². The molecule has 1 aromatic rings. The fourth-order valence-electron chi connectivity index (χ4n) is 2.71. The van der Waals surface area contributed by atoms with Gasteiger partial charge in [0.05, 0.1) is 11.1 Å². The number of carbonyl (C=O) groups excluding carboxylic acids is 1. The molecule has 0 bridgehead atoms. The van der Waals surface area contributed by atoms with Crippen LogP contribution >= 0.6 is 0 Å². The summed E-state index contributed by atoms with van der Waals surface area (Å²) in [5, 5.41) is 11.8. The van der Waals surface area contributed by atoms with Crippen molar-refractivity contribution in [2.45, 2.75) is 44.6 Å². The van der Waals surface area contributed by atoms with Gasteiger partial charge in [0, 0.05) is 5.54 Å². The first kappa shape index (κ1) is 15.4. The average Bonchev–Trinajstić information content (AvgIpc) is 2.41. The highest BCUT2D eigenvalue weighted by molar-refractivity contribution is 6.05. The van der Waals surface area contributed by atoms with Crippen LogP contribution < -0.4 is 5.32 Å². The molecule has 0 spiro atoms. The van der Waals surface area contributed by atoms with Crippen LogP contribution in [-0.4, -0.2) is 22.5 Å². The quantitative estimate of drug-likeness (QED) is 0.901. The summed E-state index contributed by atoms with van der Waals surface area (Å²) < 4.78 is 26.5. The molecule has 2 N–H and O–H groups in total. The Kier molecular flexibility index (Phi) is 4.25. The molecule has 0 atom stereocenters. The standard InChI is InChI=1S/C15H17F2NO3/c1-15(5-3-2-4-6-15)18-13(19)9-7-11(16)12(17)8-10(9)14(20)21/h7-8H,2-6H2,1H3,(H,18,19)(H,20,21). The first-order chi connectivity index (χ1) is 9.82. The zero-order valence-electron chi connectivity index (χ0n) is 11.7. The Morgan fingerprint density at radius 3 is 2.14 bits per heavy atom. The molecule has 0 aromatic heterocycles. The first-order valence-corrected chi connectivity index (χ1v) is 6.87. The molecule has 0 saturated heterocycles. The third-order valence-electron chi connectivity index (χ3n) is 3.91. The fourth-order valence-corrected chi connectivity index (χ4v) is 2.71. The van der Waals surface area contributed by atoms with E-state index in [4.69, 9.17) is 5.11 Å². The van der Waals surface area contributed by atoms with E-state index >= 15 is 0 Å². The lowest BCUT2D eigenvalue weighted by Gasteiger charge is -2.34. The number of carboxylic acids is 1. The topological polar surface area (TPSA) is 66.4 Å². The number of nitrogens with one attached hydrogen (secondary N) is 1. The number of carboxylic acid groups (broad SMARTS) is 1. The van der Waals surface area contributed by atoms with Gasteiger partial charge in [-0.05, 0) is 31.9 Å². The zero-order chi connectivity index (χ0) is 15.6. The average molecular weight is 297 g/mol. The molecule has 2 rings (SSSR count). The number of hydrogen-bond donors (Lipinski definition) is 2. The molecular formula is C15H17F2NO3. The lowest BCUT2D eigenvalue weighted by Crippen LogP contribution is -2.47. The normalized spacial score (nSPS) is 17.3. The van der Waals surface area contributed by atoms with E-state index in [0.29, 0.717) is 12.1 Å². The predicted octanol–water partition coefficient (Wildman–Crippen LogP) is 3.12. The second kappa shape index (κ2) is 5.79. The fraction of sp³-hybridized carbons (Fsp3) is 0.467. The van der Waals surface area contributed by atoms with Crippen LogP contribution in [0, 0.1) is 11.6 Å². The zero-order valence-corrected chi connectivity index (χ0v) is 11.7. The molecule has 0 unspecified atom stereocenters. The van der Waals surface area contributed by atoms with Gasteiger partial charge in [0.25, 0.3) is 5.91 Å². The SMILES string of the molecule is CC1(NC(=O)c2cc(F)c(F)cc2C(=O)O)CCCCC1.